The van der Waals surface area contributed by atoms with E-state index in [2.05, 4.69) is 20.8 Å². The zero-order chi connectivity index (χ0) is 3.58. The molecule has 0 aliphatic rings. The molecule has 0 heterocycles. The molecule has 0 nitrogen and oxygen atoms in total. The van der Waals surface area contributed by atoms with Gasteiger partial charge in [-0.2, -0.15) is 5.92 Å². The third-order valence-electron chi connectivity index (χ3n) is 0. The van der Waals surface area contributed by atoms with E-state index in [4.69, 9.17) is 0 Å². The first-order valence-corrected chi connectivity index (χ1v) is 1.56. The van der Waals surface area contributed by atoms with Crippen LogP contribution in [-0.2, 0) is 17.1 Å². The van der Waals surface area contributed by atoms with Gasteiger partial charge < -0.3 is 6.92 Å². The van der Waals surface area contributed by atoms with E-state index in [1.165, 1.54) is 0 Å². The summed E-state index contributed by atoms with van der Waals surface area (Å²) in [6, 6.07) is 0. The molecular formula is C4H9Fe-. The van der Waals surface area contributed by atoms with Gasteiger partial charge in [0.25, 0.3) is 0 Å². The maximum Gasteiger partial charge on any atom is 0 e. The van der Waals surface area contributed by atoms with Crippen LogP contribution in [0.1, 0.15) is 13.8 Å². The molecule has 0 bridgehead atoms. The molecular weight excluding hydrogens is 104 g/mol. The first kappa shape index (κ1) is 9.10. The summed E-state index contributed by atoms with van der Waals surface area (Å²) in [6.45, 7) is 7.75. The summed E-state index contributed by atoms with van der Waals surface area (Å²) in [4.78, 5) is 0. The fourth-order valence-electron chi connectivity index (χ4n) is 0. The van der Waals surface area contributed by atoms with Crippen LogP contribution in [0.5, 0.6) is 0 Å². The first-order chi connectivity index (χ1) is 1.73. The second-order valence-corrected chi connectivity index (χ2v) is 1.39. The predicted octanol–water partition coefficient (Wildman–Crippen LogP) is 1.47. The molecule has 0 amide bonds. The van der Waals surface area contributed by atoms with Gasteiger partial charge in [0, 0.05) is 17.1 Å². The van der Waals surface area contributed by atoms with Crippen LogP contribution in [0, 0.1) is 12.8 Å². The van der Waals surface area contributed by atoms with Crippen molar-refractivity contribution >= 4 is 0 Å². The molecule has 34 valence electrons. The fourth-order valence-corrected chi connectivity index (χ4v) is 0. The molecule has 0 aromatic heterocycles. The van der Waals surface area contributed by atoms with Gasteiger partial charge in [-0.15, -0.1) is 0 Å². The molecule has 0 aliphatic heterocycles. The van der Waals surface area contributed by atoms with Crippen LogP contribution in [0.4, 0.5) is 0 Å². The molecule has 0 N–H and O–H groups in total. The summed E-state index contributed by atoms with van der Waals surface area (Å²) in [5, 5.41) is 0. The third-order valence-corrected chi connectivity index (χ3v) is 0. The SMILES string of the molecule is [CH2-]C(C)C.[Fe]. The van der Waals surface area contributed by atoms with E-state index in [1.807, 2.05) is 0 Å². The van der Waals surface area contributed by atoms with E-state index < -0.39 is 0 Å². The minimum atomic E-state index is 0. The van der Waals surface area contributed by atoms with Crippen LogP contribution in [0.2, 0.25) is 0 Å². The Morgan fingerprint density at radius 1 is 1.40 bits per heavy atom. The quantitative estimate of drug-likeness (QED) is 0.329. The molecule has 0 radical (unpaired) electrons. The first-order valence-electron chi connectivity index (χ1n) is 1.56. The van der Waals surface area contributed by atoms with Crippen molar-refractivity contribution < 1.29 is 17.1 Å². The molecule has 0 rings (SSSR count). The molecule has 0 saturated heterocycles. The normalized spacial score (nSPS) is 7.20. The van der Waals surface area contributed by atoms with E-state index in [-0.39, 0.29) is 17.1 Å². The predicted molar refractivity (Wildman–Crippen MR) is 20.2 cm³/mol. The zero-order valence-corrected chi connectivity index (χ0v) is 4.74. The molecule has 0 fully saturated rings. The molecule has 1 heteroatoms. The van der Waals surface area contributed by atoms with Gasteiger partial charge >= 0.3 is 0 Å². The van der Waals surface area contributed by atoms with E-state index in [9.17, 15) is 0 Å². The Hall–Kier alpha value is 0.519. The Labute approximate surface area is 44.4 Å². The van der Waals surface area contributed by atoms with Crippen LogP contribution in [-0.4, -0.2) is 0 Å². The van der Waals surface area contributed by atoms with Crippen LogP contribution in [0.25, 0.3) is 0 Å². The van der Waals surface area contributed by atoms with Crippen molar-refractivity contribution in [3.63, 3.8) is 0 Å². The van der Waals surface area contributed by atoms with Crippen molar-refractivity contribution in [1.29, 1.82) is 0 Å². The van der Waals surface area contributed by atoms with Crippen molar-refractivity contribution in [2.75, 3.05) is 0 Å². The Morgan fingerprint density at radius 3 is 1.40 bits per heavy atom. The minimum Gasteiger partial charge on any atom is -0.341 e. The summed E-state index contributed by atoms with van der Waals surface area (Å²) in [6.07, 6.45) is 0. The smallest absolute Gasteiger partial charge is 0 e. The zero-order valence-electron chi connectivity index (χ0n) is 3.64. The van der Waals surface area contributed by atoms with Gasteiger partial charge in [0.1, 0.15) is 0 Å². The van der Waals surface area contributed by atoms with Crippen LogP contribution in [0.3, 0.4) is 0 Å². The fraction of sp³-hybridized carbons (Fsp3) is 0.750. The van der Waals surface area contributed by atoms with E-state index in [1.54, 1.807) is 0 Å². The Kier molecular flexibility index (Phi) is 8.23. The van der Waals surface area contributed by atoms with Gasteiger partial charge in [-0.05, 0) is 0 Å². The molecule has 0 spiro atoms. The standard InChI is InChI=1S/C4H9.Fe/c1-4(2)3;/h4H,1H2,2-3H3;/q-1;. The van der Waals surface area contributed by atoms with E-state index in [0.717, 1.165) is 0 Å². The van der Waals surface area contributed by atoms with Crippen molar-refractivity contribution in [3.8, 4) is 0 Å². The average molecular weight is 113 g/mol. The van der Waals surface area contributed by atoms with Gasteiger partial charge in [-0.25, -0.2) is 0 Å². The second-order valence-electron chi connectivity index (χ2n) is 1.39. The van der Waals surface area contributed by atoms with Gasteiger partial charge in [-0.3, -0.25) is 0 Å². The Balaban J connectivity index is 0. The summed E-state index contributed by atoms with van der Waals surface area (Å²) in [7, 11) is 0. The molecule has 0 saturated carbocycles. The summed E-state index contributed by atoms with van der Waals surface area (Å²) < 4.78 is 0. The largest absolute Gasteiger partial charge is 0.341 e. The molecule has 0 aromatic carbocycles. The van der Waals surface area contributed by atoms with Gasteiger partial charge in [0.15, 0.2) is 0 Å². The van der Waals surface area contributed by atoms with Crippen molar-refractivity contribution in [1.82, 2.24) is 0 Å². The summed E-state index contributed by atoms with van der Waals surface area (Å²) >= 11 is 0. The van der Waals surface area contributed by atoms with Gasteiger partial charge in [0.05, 0.1) is 0 Å². The van der Waals surface area contributed by atoms with E-state index >= 15 is 0 Å². The molecule has 5 heavy (non-hydrogen) atoms. The van der Waals surface area contributed by atoms with Crippen molar-refractivity contribution in [2.24, 2.45) is 5.92 Å². The molecule has 0 aromatic rings. The molecule has 0 aliphatic carbocycles. The van der Waals surface area contributed by atoms with Gasteiger partial charge in [0.2, 0.25) is 0 Å². The van der Waals surface area contributed by atoms with Crippen molar-refractivity contribution in [3.05, 3.63) is 6.92 Å². The van der Waals surface area contributed by atoms with Crippen LogP contribution < -0.4 is 0 Å². The van der Waals surface area contributed by atoms with Gasteiger partial charge in [-0.1, -0.05) is 13.8 Å². The summed E-state index contributed by atoms with van der Waals surface area (Å²) in [5.41, 5.74) is 0. The van der Waals surface area contributed by atoms with Crippen LogP contribution >= 0.6 is 0 Å². The second kappa shape index (κ2) is 4.52. The summed E-state index contributed by atoms with van der Waals surface area (Å²) in [5.74, 6) is 0.583. The molecule has 0 atom stereocenters. The number of rotatable bonds is 0. The van der Waals surface area contributed by atoms with Crippen molar-refractivity contribution in [2.45, 2.75) is 13.8 Å². The molecule has 0 unspecified atom stereocenters. The third kappa shape index (κ3) is 106. The topological polar surface area (TPSA) is 0 Å². The Bertz CT molecular complexity index is 8.36. The Morgan fingerprint density at radius 2 is 1.40 bits per heavy atom. The van der Waals surface area contributed by atoms with E-state index in [0.29, 0.717) is 5.92 Å². The monoisotopic (exact) mass is 113 g/mol. The minimum absolute atomic E-state index is 0. The maximum absolute atomic E-state index is 3.64. The number of hydrogen-bond acceptors (Lipinski definition) is 0. The maximum atomic E-state index is 3.64. The average Bonchev–Trinajstić information content (AvgIpc) is 0.811. The number of hydrogen-bond donors (Lipinski definition) is 0. The van der Waals surface area contributed by atoms with Crippen LogP contribution in [0.15, 0.2) is 0 Å².